The average Bonchev–Trinajstić information content (AvgIpc) is 3.32. The monoisotopic (exact) mass is 487 g/mol. The Morgan fingerprint density at radius 3 is 2.64 bits per heavy atom. The second-order valence-electron chi connectivity index (χ2n) is 8.99. The first kappa shape index (κ1) is 24.5. The van der Waals surface area contributed by atoms with Gasteiger partial charge in [-0.15, -0.1) is 0 Å². The number of hydrogen-bond donors (Lipinski definition) is 2. The molecule has 0 bridgehead atoms. The van der Waals surface area contributed by atoms with Crippen molar-refractivity contribution in [2.45, 2.75) is 13.5 Å². The predicted molar refractivity (Wildman–Crippen MR) is 141 cm³/mol. The SMILES string of the molecule is Cc1c(-c2ccccc2)cccc1-c1nc2cc(CNCCO)c(OCCN3CCOCC3)cc2o1. The molecule has 1 saturated heterocycles. The normalized spacial score (nSPS) is 14.4. The molecule has 188 valence electrons. The number of nitrogens with one attached hydrogen (secondary N) is 1. The summed E-state index contributed by atoms with van der Waals surface area (Å²) >= 11 is 0. The largest absolute Gasteiger partial charge is 0.492 e. The standard InChI is InChI=1S/C29H33N3O4/c1-21-24(22-6-3-2-4-7-22)8-5-9-25(21)29-31-26-18-23(20-30-10-14-33)27(19-28(26)36-29)35-17-13-32-11-15-34-16-12-32/h2-9,18-19,30,33H,10-17,20H2,1H3. The number of ether oxygens (including phenoxy) is 2. The van der Waals surface area contributed by atoms with E-state index in [1.54, 1.807) is 0 Å². The van der Waals surface area contributed by atoms with E-state index in [0.29, 0.717) is 31.2 Å². The number of benzene rings is 3. The van der Waals surface area contributed by atoms with Crippen molar-refractivity contribution < 1.29 is 19.0 Å². The highest BCUT2D eigenvalue weighted by atomic mass is 16.5. The fourth-order valence-corrected chi connectivity index (χ4v) is 4.60. The summed E-state index contributed by atoms with van der Waals surface area (Å²) in [6.45, 7) is 8.12. The van der Waals surface area contributed by atoms with E-state index in [1.165, 1.54) is 5.56 Å². The Labute approximate surface area is 211 Å². The number of aliphatic hydroxyl groups is 1. The molecule has 1 fully saturated rings. The van der Waals surface area contributed by atoms with Crippen molar-refractivity contribution in [1.82, 2.24) is 15.2 Å². The van der Waals surface area contributed by atoms with Crippen LogP contribution in [-0.4, -0.2) is 67.6 Å². The van der Waals surface area contributed by atoms with E-state index in [4.69, 9.17) is 18.9 Å². The summed E-state index contributed by atoms with van der Waals surface area (Å²) in [7, 11) is 0. The molecule has 36 heavy (non-hydrogen) atoms. The third-order valence-corrected chi connectivity index (χ3v) is 6.59. The first-order valence-electron chi connectivity index (χ1n) is 12.6. The van der Waals surface area contributed by atoms with Gasteiger partial charge in [0.05, 0.1) is 19.8 Å². The number of rotatable bonds is 10. The summed E-state index contributed by atoms with van der Waals surface area (Å²) in [5, 5.41) is 12.4. The zero-order chi connectivity index (χ0) is 24.7. The van der Waals surface area contributed by atoms with Crippen LogP contribution >= 0.6 is 0 Å². The number of morpholine rings is 1. The van der Waals surface area contributed by atoms with Crippen LogP contribution in [0.25, 0.3) is 33.7 Å². The molecule has 0 aliphatic carbocycles. The first-order chi connectivity index (χ1) is 17.7. The van der Waals surface area contributed by atoms with E-state index in [1.807, 2.05) is 36.4 Å². The van der Waals surface area contributed by atoms with Crippen LogP contribution in [0.1, 0.15) is 11.1 Å². The van der Waals surface area contributed by atoms with Crippen LogP contribution in [0.5, 0.6) is 5.75 Å². The van der Waals surface area contributed by atoms with Crippen molar-refractivity contribution in [3.8, 4) is 28.3 Å². The Kier molecular flexibility index (Phi) is 7.93. The van der Waals surface area contributed by atoms with Gasteiger partial charge in [0.2, 0.25) is 5.89 Å². The number of aromatic nitrogens is 1. The highest BCUT2D eigenvalue weighted by molar-refractivity contribution is 5.81. The lowest BCUT2D eigenvalue weighted by Crippen LogP contribution is -2.38. The Morgan fingerprint density at radius 1 is 1.03 bits per heavy atom. The molecule has 0 amide bonds. The molecule has 2 heterocycles. The van der Waals surface area contributed by atoms with Gasteiger partial charge in [0.15, 0.2) is 5.58 Å². The smallest absolute Gasteiger partial charge is 0.227 e. The molecule has 0 spiro atoms. The lowest BCUT2D eigenvalue weighted by atomic mass is 9.96. The molecule has 0 radical (unpaired) electrons. The average molecular weight is 488 g/mol. The summed E-state index contributed by atoms with van der Waals surface area (Å²) in [6, 6.07) is 20.5. The van der Waals surface area contributed by atoms with Gasteiger partial charge in [-0.1, -0.05) is 42.5 Å². The van der Waals surface area contributed by atoms with Gasteiger partial charge in [-0.2, -0.15) is 0 Å². The van der Waals surface area contributed by atoms with E-state index in [2.05, 4.69) is 41.4 Å². The molecule has 2 N–H and O–H groups in total. The molecule has 0 saturated carbocycles. The van der Waals surface area contributed by atoms with Crippen molar-refractivity contribution in [2.24, 2.45) is 0 Å². The van der Waals surface area contributed by atoms with Gasteiger partial charge < -0.3 is 24.3 Å². The molecular weight excluding hydrogens is 454 g/mol. The van der Waals surface area contributed by atoms with Crippen molar-refractivity contribution >= 4 is 11.1 Å². The van der Waals surface area contributed by atoms with E-state index in [0.717, 1.165) is 66.4 Å². The number of oxazole rings is 1. The van der Waals surface area contributed by atoms with E-state index >= 15 is 0 Å². The van der Waals surface area contributed by atoms with Gasteiger partial charge in [0.25, 0.3) is 0 Å². The third kappa shape index (κ3) is 5.60. The fourth-order valence-electron chi connectivity index (χ4n) is 4.60. The van der Waals surface area contributed by atoms with Crippen LogP contribution in [0.3, 0.4) is 0 Å². The molecule has 7 heteroatoms. The maximum absolute atomic E-state index is 9.19. The summed E-state index contributed by atoms with van der Waals surface area (Å²) in [5.41, 5.74) is 6.91. The topological polar surface area (TPSA) is 80.0 Å². The maximum Gasteiger partial charge on any atom is 0.227 e. The number of aliphatic hydroxyl groups excluding tert-OH is 1. The fraction of sp³-hybridized carbons (Fsp3) is 0.345. The van der Waals surface area contributed by atoms with Gasteiger partial charge in [0.1, 0.15) is 17.9 Å². The zero-order valence-electron chi connectivity index (χ0n) is 20.7. The number of nitrogens with zero attached hydrogens (tertiary/aromatic N) is 2. The summed E-state index contributed by atoms with van der Waals surface area (Å²) in [4.78, 5) is 7.19. The Hall–Kier alpha value is -3.23. The Bertz CT molecular complexity index is 1280. The minimum Gasteiger partial charge on any atom is -0.492 e. The first-order valence-corrected chi connectivity index (χ1v) is 12.6. The molecule has 3 aromatic carbocycles. The van der Waals surface area contributed by atoms with Crippen molar-refractivity contribution in [1.29, 1.82) is 0 Å². The molecule has 4 aromatic rings. The quantitative estimate of drug-likeness (QED) is 0.324. The second-order valence-corrected chi connectivity index (χ2v) is 8.99. The Balaban J connectivity index is 1.42. The molecule has 7 nitrogen and oxygen atoms in total. The van der Waals surface area contributed by atoms with Crippen molar-refractivity contribution in [3.05, 3.63) is 71.8 Å². The second kappa shape index (κ2) is 11.7. The van der Waals surface area contributed by atoms with E-state index < -0.39 is 0 Å². The summed E-state index contributed by atoms with van der Waals surface area (Å²) < 4.78 is 17.9. The van der Waals surface area contributed by atoms with Crippen LogP contribution in [0.2, 0.25) is 0 Å². The molecule has 1 aliphatic rings. The number of fused-ring (bicyclic) bond motifs is 1. The predicted octanol–water partition coefficient (Wildman–Crippen LogP) is 4.26. The summed E-state index contributed by atoms with van der Waals surface area (Å²) in [6.07, 6.45) is 0. The zero-order valence-corrected chi connectivity index (χ0v) is 20.7. The van der Waals surface area contributed by atoms with Crippen LogP contribution in [-0.2, 0) is 11.3 Å². The maximum atomic E-state index is 9.19. The van der Waals surface area contributed by atoms with Crippen molar-refractivity contribution in [2.75, 3.05) is 52.6 Å². The van der Waals surface area contributed by atoms with Crippen LogP contribution in [0.4, 0.5) is 0 Å². The summed E-state index contributed by atoms with van der Waals surface area (Å²) in [5.74, 6) is 1.37. The lowest BCUT2D eigenvalue weighted by Gasteiger charge is -2.26. The molecule has 5 rings (SSSR count). The van der Waals surface area contributed by atoms with Gasteiger partial charge >= 0.3 is 0 Å². The molecule has 1 aromatic heterocycles. The van der Waals surface area contributed by atoms with Crippen LogP contribution < -0.4 is 10.1 Å². The minimum atomic E-state index is 0.0839. The number of hydrogen-bond acceptors (Lipinski definition) is 7. The van der Waals surface area contributed by atoms with Crippen LogP contribution in [0.15, 0.2) is 65.1 Å². The van der Waals surface area contributed by atoms with E-state index in [9.17, 15) is 5.11 Å². The van der Waals surface area contributed by atoms with Gasteiger partial charge in [0, 0.05) is 49.9 Å². The molecule has 0 unspecified atom stereocenters. The van der Waals surface area contributed by atoms with Crippen LogP contribution in [0, 0.1) is 6.92 Å². The van der Waals surface area contributed by atoms with Gasteiger partial charge in [-0.3, -0.25) is 4.90 Å². The van der Waals surface area contributed by atoms with Crippen molar-refractivity contribution in [3.63, 3.8) is 0 Å². The van der Waals surface area contributed by atoms with E-state index in [-0.39, 0.29) is 6.61 Å². The minimum absolute atomic E-state index is 0.0839. The highest BCUT2D eigenvalue weighted by Crippen LogP contribution is 2.34. The third-order valence-electron chi connectivity index (χ3n) is 6.59. The molecular formula is C29H33N3O4. The molecule has 1 aliphatic heterocycles. The molecule has 0 atom stereocenters. The van der Waals surface area contributed by atoms with Gasteiger partial charge in [-0.05, 0) is 35.7 Å². The lowest BCUT2D eigenvalue weighted by molar-refractivity contribution is 0.0322. The Morgan fingerprint density at radius 2 is 1.83 bits per heavy atom. The highest BCUT2D eigenvalue weighted by Gasteiger charge is 2.17. The van der Waals surface area contributed by atoms with Gasteiger partial charge in [-0.25, -0.2) is 4.98 Å².